The van der Waals surface area contributed by atoms with Crippen LogP contribution in [-0.4, -0.2) is 6.54 Å². The molecule has 1 saturated carbocycles. The predicted molar refractivity (Wildman–Crippen MR) is 43.4 cm³/mol. The molecule has 0 spiro atoms. The third kappa shape index (κ3) is 1.33. The third-order valence-electron chi connectivity index (χ3n) is 2.51. The fraction of sp³-hybridized carbons (Fsp3) is 0.778. The van der Waals surface area contributed by atoms with Crippen molar-refractivity contribution in [3.63, 3.8) is 0 Å². The molecule has 1 aliphatic rings. The Hall–Kier alpha value is -0.480. The van der Waals surface area contributed by atoms with E-state index in [0.29, 0.717) is 6.54 Å². The van der Waals surface area contributed by atoms with E-state index in [-0.39, 0.29) is 5.41 Å². The first-order valence-electron chi connectivity index (χ1n) is 4.01. The summed E-state index contributed by atoms with van der Waals surface area (Å²) in [5.74, 6) is 2.84. The Kier molecular flexibility index (Phi) is 2.34. The zero-order valence-electron chi connectivity index (χ0n) is 6.40. The molecule has 56 valence electrons. The summed E-state index contributed by atoms with van der Waals surface area (Å²) in [4.78, 5) is 0. The number of rotatable bonds is 1. The highest BCUT2D eigenvalue weighted by atomic mass is 14.6. The van der Waals surface area contributed by atoms with Crippen LogP contribution in [0.5, 0.6) is 0 Å². The standard InChI is InChI=1S/C9H15N/c1-2-9(8-10)6-4-3-5-7-9/h1H,3-8,10H2. The van der Waals surface area contributed by atoms with E-state index in [2.05, 4.69) is 5.92 Å². The zero-order chi connectivity index (χ0) is 7.45. The van der Waals surface area contributed by atoms with Crippen molar-refractivity contribution < 1.29 is 0 Å². The van der Waals surface area contributed by atoms with Crippen molar-refractivity contribution in [2.24, 2.45) is 11.1 Å². The second kappa shape index (κ2) is 3.07. The molecule has 2 N–H and O–H groups in total. The van der Waals surface area contributed by atoms with Gasteiger partial charge < -0.3 is 5.73 Å². The highest BCUT2D eigenvalue weighted by Gasteiger charge is 2.27. The Bertz CT molecular complexity index is 137. The summed E-state index contributed by atoms with van der Waals surface area (Å²) in [7, 11) is 0. The Morgan fingerprint density at radius 3 is 2.20 bits per heavy atom. The number of terminal acetylenes is 1. The van der Waals surface area contributed by atoms with Gasteiger partial charge in [0.15, 0.2) is 0 Å². The highest BCUT2D eigenvalue weighted by molar-refractivity contribution is 5.07. The molecule has 1 fully saturated rings. The molecule has 0 aliphatic heterocycles. The summed E-state index contributed by atoms with van der Waals surface area (Å²) < 4.78 is 0. The van der Waals surface area contributed by atoms with E-state index in [1.54, 1.807) is 0 Å². The lowest BCUT2D eigenvalue weighted by atomic mass is 9.75. The normalized spacial score (nSPS) is 23.6. The highest BCUT2D eigenvalue weighted by Crippen LogP contribution is 2.34. The number of hydrogen-bond acceptors (Lipinski definition) is 1. The maximum absolute atomic E-state index is 5.61. The molecule has 1 aliphatic carbocycles. The maximum Gasteiger partial charge on any atom is 0.0434 e. The van der Waals surface area contributed by atoms with Crippen LogP contribution in [-0.2, 0) is 0 Å². The molecule has 0 unspecified atom stereocenters. The fourth-order valence-electron chi connectivity index (χ4n) is 1.64. The fourth-order valence-corrected chi connectivity index (χ4v) is 1.64. The zero-order valence-corrected chi connectivity index (χ0v) is 6.40. The van der Waals surface area contributed by atoms with E-state index in [0.717, 1.165) is 12.8 Å². The van der Waals surface area contributed by atoms with Crippen molar-refractivity contribution >= 4 is 0 Å². The molecule has 0 aromatic heterocycles. The maximum atomic E-state index is 5.61. The molecule has 1 rings (SSSR count). The molecule has 1 nitrogen and oxygen atoms in total. The molecule has 10 heavy (non-hydrogen) atoms. The van der Waals surface area contributed by atoms with Crippen LogP contribution in [0.2, 0.25) is 0 Å². The first kappa shape index (κ1) is 7.63. The molecule has 0 amide bonds. The van der Waals surface area contributed by atoms with Crippen LogP contribution >= 0.6 is 0 Å². The van der Waals surface area contributed by atoms with E-state index in [9.17, 15) is 0 Å². The van der Waals surface area contributed by atoms with E-state index >= 15 is 0 Å². The largest absolute Gasteiger partial charge is 0.329 e. The van der Waals surface area contributed by atoms with Crippen molar-refractivity contribution in [2.45, 2.75) is 32.1 Å². The molecule has 0 heterocycles. The molecule has 0 aromatic rings. The van der Waals surface area contributed by atoms with Crippen LogP contribution in [0.3, 0.4) is 0 Å². The van der Waals surface area contributed by atoms with Crippen molar-refractivity contribution in [1.29, 1.82) is 0 Å². The smallest absolute Gasteiger partial charge is 0.0434 e. The summed E-state index contributed by atoms with van der Waals surface area (Å²) in [6.07, 6.45) is 11.6. The molecule has 0 aromatic carbocycles. The van der Waals surface area contributed by atoms with Crippen LogP contribution in [0.25, 0.3) is 0 Å². The van der Waals surface area contributed by atoms with Crippen LogP contribution in [0.1, 0.15) is 32.1 Å². The molecule has 0 saturated heterocycles. The lowest BCUT2D eigenvalue weighted by molar-refractivity contribution is 0.280. The topological polar surface area (TPSA) is 26.0 Å². The van der Waals surface area contributed by atoms with Gasteiger partial charge in [-0.2, -0.15) is 0 Å². The summed E-state index contributed by atoms with van der Waals surface area (Å²) in [6.45, 7) is 0.670. The van der Waals surface area contributed by atoms with Gasteiger partial charge in [0.25, 0.3) is 0 Å². The van der Waals surface area contributed by atoms with Crippen molar-refractivity contribution in [2.75, 3.05) is 6.54 Å². The summed E-state index contributed by atoms with van der Waals surface area (Å²) in [5, 5.41) is 0. The van der Waals surface area contributed by atoms with Crippen molar-refractivity contribution in [3.05, 3.63) is 0 Å². The van der Waals surface area contributed by atoms with E-state index < -0.39 is 0 Å². The Balaban J connectivity index is 2.55. The number of nitrogens with two attached hydrogens (primary N) is 1. The predicted octanol–water partition coefficient (Wildman–Crippen LogP) is 1.53. The van der Waals surface area contributed by atoms with Gasteiger partial charge in [0.05, 0.1) is 0 Å². The minimum absolute atomic E-state index is 0.0677. The van der Waals surface area contributed by atoms with E-state index in [4.69, 9.17) is 12.2 Å². The Labute approximate surface area is 63.0 Å². The van der Waals surface area contributed by atoms with Gasteiger partial charge in [0.2, 0.25) is 0 Å². The van der Waals surface area contributed by atoms with Gasteiger partial charge in [-0.15, -0.1) is 6.42 Å². The lowest BCUT2D eigenvalue weighted by Gasteiger charge is -2.30. The quantitative estimate of drug-likeness (QED) is 0.545. The molecular weight excluding hydrogens is 122 g/mol. The van der Waals surface area contributed by atoms with Gasteiger partial charge in [-0.3, -0.25) is 0 Å². The SMILES string of the molecule is C#CC1(CN)CCCCC1. The Morgan fingerprint density at radius 1 is 1.30 bits per heavy atom. The van der Waals surface area contributed by atoms with Crippen molar-refractivity contribution in [3.8, 4) is 12.3 Å². The molecule has 0 bridgehead atoms. The summed E-state index contributed by atoms with van der Waals surface area (Å²) >= 11 is 0. The molecule has 1 heteroatoms. The minimum Gasteiger partial charge on any atom is -0.329 e. The van der Waals surface area contributed by atoms with Gasteiger partial charge >= 0.3 is 0 Å². The first-order valence-corrected chi connectivity index (χ1v) is 4.01. The lowest BCUT2D eigenvalue weighted by Crippen LogP contribution is -2.30. The second-order valence-corrected chi connectivity index (χ2v) is 3.19. The monoisotopic (exact) mass is 137 g/mol. The van der Waals surface area contributed by atoms with Crippen LogP contribution < -0.4 is 5.73 Å². The van der Waals surface area contributed by atoms with Crippen LogP contribution in [0.4, 0.5) is 0 Å². The van der Waals surface area contributed by atoms with E-state index in [1.807, 2.05) is 0 Å². The molecular formula is C9H15N. The second-order valence-electron chi connectivity index (χ2n) is 3.19. The number of hydrogen-bond donors (Lipinski definition) is 1. The van der Waals surface area contributed by atoms with Crippen molar-refractivity contribution in [1.82, 2.24) is 0 Å². The first-order chi connectivity index (χ1) is 4.83. The molecule has 0 atom stereocenters. The average Bonchev–Trinajstić information content (AvgIpc) is 2.06. The van der Waals surface area contributed by atoms with Crippen LogP contribution in [0, 0.1) is 17.8 Å². The Morgan fingerprint density at radius 2 is 1.90 bits per heavy atom. The molecule has 0 radical (unpaired) electrons. The van der Waals surface area contributed by atoms with Gasteiger partial charge in [0.1, 0.15) is 0 Å². The minimum atomic E-state index is 0.0677. The third-order valence-corrected chi connectivity index (χ3v) is 2.51. The van der Waals surface area contributed by atoms with E-state index in [1.165, 1.54) is 19.3 Å². The van der Waals surface area contributed by atoms with Crippen LogP contribution in [0.15, 0.2) is 0 Å². The summed E-state index contributed by atoms with van der Waals surface area (Å²) in [5.41, 5.74) is 5.67. The summed E-state index contributed by atoms with van der Waals surface area (Å²) in [6, 6.07) is 0. The van der Waals surface area contributed by atoms with Gasteiger partial charge in [0, 0.05) is 12.0 Å². The van der Waals surface area contributed by atoms with Gasteiger partial charge in [-0.25, -0.2) is 0 Å². The average molecular weight is 137 g/mol. The van der Waals surface area contributed by atoms with Gasteiger partial charge in [-0.05, 0) is 12.8 Å². The van der Waals surface area contributed by atoms with Gasteiger partial charge in [-0.1, -0.05) is 25.2 Å².